The number of hydrogen-bond acceptors (Lipinski definition) is 10. The number of nitrogens with zero attached hydrogens (tertiary/aromatic N) is 5. The zero-order chi connectivity index (χ0) is 32.2. The van der Waals surface area contributed by atoms with E-state index in [1.807, 2.05) is 0 Å². The fourth-order valence-electron chi connectivity index (χ4n) is 4.51. The number of amides is 1. The predicted molar refractivity (Wildman–Crippen MR) is 157 cm³/mol. The van der Waals surface area contributed by atoms with Gasteiger partial charge in [-0.25, -0.2) is 14.4 Å². The van der Waals surface area contributed by atoms with Gasteiger partial charge in [-0.2, -0.15) is 23.3 Å². The highest BCUT2D eigenvalue weighted by molar-refractivity contribution is 7.53. The number of hydrogen-bond donors (Lipinski definition) is 3. The van der Waals surface area contributed by atoms with Crippen molar-refractivity contribution in [1.82, 2.24) is 30.0 Å². The highest BCUT2D eigenvalue weighted by Gasteiger charge is 2.36. The van der Waals surface area contributed by atoms with E-state index in [2.05, 4.69) is 36.0 Å². The van der Waals surface area contributed by atoms with Crippen LogP contribution in [0.1, 0.15) is 41.4 Å². The van der Waals surface area contributed by atoms with Gasteiger partial charge in [-0.1, -0.05) is 6.07 Å². The maximum absolute atomic E-state index is 15.1. The lowest BCUT2D eigenvalue weighted by atomic mass is 10.1. The molecular weight excluding hydrogens is 619 g/mol. The lowest BCUT2D eigenvalue weighted by Gasteiger charge is -2.18. The van der Waals surface area contributed by atoms with E-state index in [4.69, 9.17) is 9.05 Å². The number of carbonyl (C=O) groups excluding carboxylic acids is 1. The van der Waals surface area contributed by atoms with E-state index in [9.17, 15) is 22.5 Å². The van der Waals surface area contributed by atoms with Gasteiger partial charge in [-0.05, 0) is 49.6 Å². The van der Waals surface area contributed by atoms with Crippen LogP contribution in [0.25, 0.3) is 11.3 Å². The van der Waals surface area contributed by atoms with Gasteiger partial charge in [0.25, 0.3) is 5.91 Å². The maximum atomic E-state index is 15.1. The van der Waals surface area contributed by atoms with Gasteiger partial charge in [0.1, 0.15) is 17.2 Å². The van der Waals surface area contributed by atoms with Crippen LogP contribution in [0.2, 0.25) is 0 Å². The molecule has 3 aliphatic rings. The van der Waals surface area contributed by atoms with Crippen molar-refractivity contribution in [2.45, 2.75) is 38.6 Å². The second kappa shape index (κ2) is 13.3. The standard InChI is InChI=1S/C28H29F4N8O4P/c1-3-43-45(42)16-17-6-7-22(20(29)12-17)38-27-34-14-19(28(30,31)32)25(39-27)37-23-9-8-21(36-24(23)26(41)33-2)18-13-35-40(15-18)10-4-5-11-44-45/h6-9,12-15H,3-5,10-11,16H2,1-2H3,(H,33,41)(H2,34,37,38,39). The van der Waals surface area contributed by atoms with Crippen molar-refractivity contribution >= 4 is 36.6 Å². The molecule has 8 bridgehead atoms. The number of aryl methyl sites for hydroxylation is 1. The first-order valence-electron chi connectivity index (χ1n) is 13.9. The van der Waals surface area contributed by atoms with E-state index in [1.54, 1.807) is 24.0 Å². The average Bonchev–Trinajstić information content (AvgIpc) is 3.46. The largest absolute Gasteiger partial charge is 0.421 e. The Kier molecular flexibility index (Phi) is 9.46. The minimum Gasteiger partial charge on any atom is -0.354 e. The Bertz CT molecular complexity index is 1750. The van der Waals surface area contributed by atoms with Crippen LogP contribution in [-0.4, -0.2) is 50.9 Å². The number of rotatable bonds is 3. The summed E-state index contributed by atoms with van der Waals surface area (Å²) in [7, 11) is -2.26. The van der Waals surface area contributed by atoms with Gasteiger partial charge in [-0.3, -0.25) is 14.0 Å². The Balaban J connectivity index is 1.58. The Morgan fingerprint density at radius 1 is 1.13 bits per heavy atom. The molecule has 0 saturated heterocycles. The fraction of sp³-hybridized carbons (Fsp3) is 0.321. The highest BCUT2D eigenvalue weighted by Crippen LogP contribution is 2.51. The Morgan fingerprint density at radius 2 is 1.93 bits per heavy atom. The summed E-state index contributed by atoms with van der Waals surface area (Å²) in [5.74, 6) is -2.52. The van der Waals surface area contributed by atoms with Crippen LogP contribution in [0.5, 0.6) is 0 Å². The lowest BCUT2D eigenvalue weighted by molar-refractivity contribution is -0.137. The van der Waals surface area contributed by atoms with Crippen molar-refractivity contribution in [2.75, 3.05) is 30.9 Å². The summed E-state index contributed by atoms with van der Waals surface area (Å²) in [5.41, 5.74) is -0.386. The topological polar surface area (TPSA) is 145 Å². The summed E-state index contributed by atoms with van der Waals surface area (Å²) in [6.07, 6.45) is -0.115. The second-order valence-electron chi connectivity index (χ2n) is 9.91. The number of aromatic nitrogens is 5. The lowest BCUT2D eigenvalue weighted by Crippen LogP contribution is -2.21. The molecule has 1 atom stereocenters. The van der Waals surface area contributed by atoms with Gasteiger partial charge in [0.2, 0.25) is 5.95 Å². The first-order valence-corrected chi connectivity index (χ1v) is 15.6. The highest BCUT2D eigenvalue weighted by atomic mass is 31.2. The maximum Gasteiger partial charge on any atom is 0.421 e. The molecular formula is C28H29F4N8O4P. The molecule has 12 nitrogen and oxygen atoms in total. The Morgan fingerprint density at radius 3 is 2.67 bits per heavy atom. The Hall–Kier alpha value is -4.40. The van der Waals surface area contributed by atoms with E-state index in [-0.39, 0.29) is 42.4 Å². The van der Waals surface area contributed by atoms with Crippen molar-refractivity contribution < 1.29 is 36.0 Å². The molecule has 3 aromatic heterocycles. The van der Waals surface area contributed by atoms with Crippen molar-refractivity contribution in [1.29, 1.82) is 0 Å². The molecule has 1 aromatic carbocycles. The summed E-state index contributed by atoms with van der Waals surface area (Å²) < 4.78 is 83.2. The molecule has 4 aromatic rings. The molecule has 6 heterocycles. The van der Waals surface area contributed by atoms with Gasteiger partial charge in [0.05, 0.1) is 42.6 Å². The van der Waals surface area contributed by atoms with Crippen LogP contribution in [0, 0.1) is 5.82 Å². The molecule has 0 fully saturated rings. The van der Waals surface area contributed by atoms with E-state index in [0.29, 0.717) is 42.4 Å². The zero-order valence-corrected chi connectivity index (χ0v) is 25.1. The fourth-order valence-corrected chi connectivity index (χ4v) is 6.21. The molecule has 0 radical (unpaired) electrons. The number of carbonyl (C=O) groups is 1. The number of fused-ring (bicyclic) bond motifs is 2. The van der Waals surface area contributed by atoms with Crippen LogP contribution < -0.4 is 16.0 Å². The van der Waals surface area contributed by atoms with Gasteiger partial charge in [0.15, 0.2) is 5.69 Å². The number of anilines is 4. The summed E-state index contributed by atoms with van der Waals surface area (Å²) in [6, 6.07) is 6.84. The van der Waals surface area contributed by atoms with Gasteiger partial charge in [0, 0.05) is 31.5 Å². The average molecular weight is 649 g/mol. The molecule has 0 saturated carbocycles. The molecule has 0 aliphatic carbocycles. The van der Waals surface area contributed by atoms with E-state index < -0.39 is 36.9 Å². The quantitative estimate of drug-likeness (QED) is 0.171. The van der Waals surface area contributed by atoms with Crippen molar-refractivity contribution in [3.8, 4) is 11.3 Å². The van der Waals surface area contributed by atoms with Gasteiger partial charge < -0.3 is 25.0 Å². The second-order valence-corrected chi connectivity index (χ2v) is 12.0. The molecule has 17 heteroatoms. The van der Waals surface area contributed by atoms with Gasteiger partial charge in [-0.15, -0.1) is 0 Å². The number of benzene rings is 1. The molecule has 0 spiro atoms. The van der Waals surface area contributed by atoms with Crippen LogP contribution >= 0.6 is 7.60 Å². The Labute approximate surface area is 255 Å². The van der Waals surface area contributed by atoms with Crippen molar-refractivity contribution in [2.24, 2.45) is 0 Å². The molecule has 1 amide bonds. The number of halogens is 4. The molecule has 7 rings (SSSR count). The van der Waals surface area contributed by atoms with E-state index >= 15 is 4.39 Å². The number of nitrogens with one attached hydrogen (secondary N) is 3. The third kappa shape index (κ3) is 7.64. The van der Waals surface area contributed by atoms with Gasteiger partial charge >= 0.3 is 13.8 Å². The molecule has 1 unspecified atom stereocenters. The zero-order valence-electron chi connectivity index (χ0n) is 24.2. The number of alkyl halides is 3. The van der Waals surface area contributed by atoms with E-state index in [0.717, 1.165) is 6.07 Å². The van der Waals surface area contributed by atoms with Crippen LogP contribution in [0.4, 0.5) is 40.7 Å². The first-order chi connectivity index (χ1) is 21.5. The summed E-state index contributed by atoms with van der Waals surface area (Å²) in [5, 5.41) is 11.9. The summed E-state index contributed by atoms with van der Waals surface area (Å²) in [6.45, 7) is 2.41. The molecule has 45 heavy (non-hydrogen) atoms. The predicted octanol–water partition coefficient (Wildman–Crippen LogP) is 6.28. The minimum atomic E-state index is -4.87. The third-order valence-electron chi connectivity index (χ3n) is 6.67. The molecule has 3 aliphatic heterocycles. The summed E-state index contributed by atoms with van der Waals surface area (Å²) >= 11 is 0. The monoisotopic (exact) mass is 648 g/mol. The smallest absolute Gasteiger partial charge is 0.354 e. The molecule has 3 N–H and O–H groups in total. The van der Waals surface area contributed by atoms with Crippen LogP contribution in [0.15, 0.2) is 48.9 Å². The van der Waals surface area contributed by atoms with E-state index in [1.165, 1.54) is 31.3 Å². The number of pyridine rings is 1. The van der Waals surface area contributed by atoms with Crippen molar-refractivity contribution in [3.63, 3.8) is 0 Å². The van der Waals surface area contributed by atoms with Crippen LogP contribution in [0.3, 0.4) is 0 Å². The normalized spacial score (nSPS) is 17.4. The van der Waals surface area contributed by atoms with Crippen LogP contribution in [-0.2, 0) is 32.5 Å². The van der Waals surface area contributed by atoms with Crippen molar-refractivity contribution in [3.05, 3.63) is 71.6 Å². The third-order valence-corrected chi connectivity index (χ3v) is 8.65. The summed E-state index contributed by atoms with van der Waals surface area (Å²) in [4.78, 5) is 24.8. The minimum absolute atomic E-state index is 0.0618. The molecule has 238 valence electrons. The first kappa shape index (κ1) is 32.0. The SMILES string of the molecule is CCOP1(=O)Cc2ccc(c(F)c2)Nc2ncc(C(F)(F)F)c(n2)Nc2ccc(nc2C(=O)NC)-c2cnn(c2)CCCCO1.